The fraction of sp³-hybridized carbons (Fsp3) is 0.320. The molecule has 0 radical (unpaired) electrons. The summed E-state index contributed by atoms with van der Waals surface area (Å²) in [6, 6.07) is 17.6. The third kappa shape index (κ3) is 1.93. The predicted octanol–water partition coefficient (Wildman–Crippen LogP) is 5.88. The SMILES string of the molecule is Cc1ccc2c(c1C)C(C)(C)C1(C=Nc3c(ccc4ccccc34)C1)N2C. The molecule has 2 heteroatoms. The van der Waals surface area contributed by atoms with Gasteiger partial charge in [0.15, 0.2) is 0 Å². The molecule has 0 fully saturated rings. The number of likely N-dealkylation sites (N-methyl/N-ethyl adjacent to an activating group) is 1. The van der Waals surface area contributed by atoms with Gasteiger partial charge >= 0.3 is 0 Å². The molecule has 0 N–H and O–H groups in total. The summed E-state index contributed by atoms with van der Waals surface area (Å²) in [5.74, 6) is 0. The van der Waals surface area contributed by atoms with E-state index in [0.717, 1.165) is 12.1 Å². The third-order valence-corrected chi connectivity index (χ3v) is 7.23. The lowest BCUT2D eigenvalue weighted by molar-refractivity contribution is 0.359. The molecule has 1 atom stereocenters. The normalized spacial score (nSPS) is 22.3. The highest BCUT2D eigenvalue weighted by molar-refractivity contribution is 5.99. The Bertz CT molecular complexity index is 1120. The molecule has 0 amide bonds. The first-order valence-electron chi connectivity index (χ1n) is 9.77. The average Bonchev–Trinajstić information content (AvgIpc) is 2.83. The highest BCUT2D eigenvalue weighted by Crippen LogP contribution is 2.55. The maximum atomic E-state index is 5.07. The first-order chi connectivity index (χ1) is 12.9. The van der Waals surface area contributed by atoms with Gasteiger partial charge in [-0.1, -0.05) is 56.3 Å². The van der Waals surface area contributed by atoms with Gasteiger partial charge in [0, 0.05) is 36.2 Å². The maximum Gasteiger partial charge on any atom is 0.0884 e. The van der Waals surface area contributed by atoms with Gasteiger partial charge in [-0.2, -0.15) is 0 Å². The van der Waals surface area contributed by atoms with Crippen LogP contribution in [0.15, 0.2) is 53.5 Å². The molecule has 2 aliphatic rings. The van der Waals surface area contributed by atoms with Gasteiger partial charge < -0.3 is 4.90 Å². The molecule has 2 heterocycles. The highest BCUT2D eigenvalue weighted by Gasteiger charge is 2.56. The molecule has 0 bridgehead atoms. The molecular formula is C25H26N2. The first kappa shape index (κ1) is 16.6. The maximum absolute atomic E-state index is 5.07. The summed E-state index contributed by atoms with van der Waals surface area (Å²) in [6.45, 7) is 9.26. The third-order valence-electron chi connectivity index (χ3n) is 7.23. The smallest absolute Gasteiger partial charge is 0.0884 e. The second-order valence-electron chi connectivity index (χ2n) is 8.74. The van der Waals surface area contributed by atoms with Crippen molar-refractivity contribution in [3.05, 3.63) is 70.8 Å². The minimum atomic E-state index is -0.136. The van der Waals surface area contributed by atoms with Gasteiger partial charge in [0.2, 0.25) is 0 Å². The summed E-state index contributed by atoms with van der Waals surface area (Å²) < 4.78 is 0. The minimum absolute atomic E-state index is 0.0139. The number of nitrogens with zero attached hydrogens (tertiary/aromatic N) is 2. The second kappa shape index (κ2) is 5.22. The molecule has 0 saturated carbocycles. The Balaban J connectivity index is 1.73. The predicted molar refractivity (Wildman–Crippen MR) is 116 cm³/mol. The van der Waals surface area contributed by atoms with Crippen LogP contribution in [-0.2, 0) is 11.8 Å². The van der Waals surface area contributed by atoms with Crippen LogP contribution >= 0.6 is 0 Å². The number of anilines is 1. The zero-order valence-electron chi connectivity index (χ0n) is 16.8. The summed E-state index contributed by atoms with van der Waals surface area (Å²) in [7, 11) is 2.24. The summed E-state index contributed by atoms with van der Waals surface area (Å²) >= 11 is 0. The van der Waals surface area contributed by atoms with E-state index in [-0.39, 0.29) is 11.0 Å². The Morgan fingerprint density at radius 1 is 0.963 bits per heavy atom. The van der Waals surface area contributed by atoms with Crippen molar-refractivity contribution in [3.63, 3.8) is 0 Å². The Morgan fingerprint density at radius 2 is 1.74 bits per heavy atom. The van der Waals surface area contributed by atoms with Crippen molar-refractivity contribution in [1.29, 1.82) is 0 Å². The Labute approximate surface area is 161 Å². The van der Waals surface area contributed by atoms with Crippen LogP contribution in [0.5, 0.6) is 0 Å². The van der Waals surface area contributed by atoms with Gasteiger partial charge in [0.25, 0.3) is 0 Å². The van der Waals surface area contributed by atoms with Crippen LogP contribution < -0.4 is 4.90 Å². The van der Waals surface area contributed by atoms with Gasteiger partial charge in [0.1, 0.15) is 0 Å². The van der Waals surface area contributed by atoms with E-state index < -0.39 is 0 Å². The number of fused-ring (bicyclic) bond motifs is 4. The summed E-state index contributed by atoms with van der Waals surface area (Å²) in [6.07, 6.45) is 3.21. The summed E-state index contributed by atoms with van der Waals surface area (Å²) in [5.41, 5.74) is 7.94. The molecule has 3 aromatic carbocycles. The monoisotopic (exact) mass is 354 g/mol. The van der Waals surface area contributed by atoms with Crippen LogP contribution in [0.1, 0.15) is 36.1 Å². The molecule has 0 saturated heterocycles. The number of hydrogen-bond donors (Lipinski definition) is 0. The fourth-order valence-electron chi connectivity index (χ4n) is 5.41. The zero-order chi connectivity index (χ0) is 19.0. The molecule has 136 valence electrons. The van der Waals surface area contributed by atoms with Gasteiger partial charge in [-0.05, 0) is 47.6 Å². The Kier molecular flexibility index (Phi) is 3.20. The number of hydrogen-bond acceptors (Lipinski definition) is 2. The van der Waals surface area contributed by atoms with Gasteiger partial charge in [0.05, 0.1) is 11.2 Å². The highest BCUT2D eigenvalue weighted by atomic mass is 15.2. The van der Waals surface area contributed by atoms with Gasteiger partial charge in [-0.25, -0.2) is 0 Å². The second-order valence-corrected chi connectivity index (χ2v) is 8.74. The van der Waals surface area contributed by atoms with Crippen molar-refractivity contribution in [2.45, 2.75) is 45.1 Å². The van der Waals surface area contributed by atoms with Crippen LogP contribution in [0.3, 0.4) is 0 Å². The molecule has 5 rings (SSSR count). The number of aliphatic imine (C=N–C) groups is 1. The standard InChI is InChI=1S/C25H26N2/c1-16-10-13-21-22(17(16)2)24(3,4)25(27(21)5)14-19-12-11-18-8-6-7-9-20(18)23(19)26-15-25/h6-13,15H,14H2,1-5H3. The van der Waals surface area contributed by atoms with Crippen LogP contribution in [0.2, 0.25) is 0 Å². The van der Waals surface area contributed by atoms with Crippen molar-refractivity contribution in [1.82, 2.24) is 0 Å². The Hall–Kier alpha value is -2.61. The molecule has 2 aliphatic heterocycles. The Morgan fingerprint density at radius 3 is 2.56 bits per heavy atom. The minimum Gasteiger partial charge on any atom is -0.362 e. The van der Waals surface area contributed by atoms with Crippen molar-refractivity contribution in [2.75, 3.05) is 11.9 Å². The van der Waals surface area contributed by atoms with Crippen molar-refractivity contribution >= 4 is 28.4 Å². The van der Waals surface area contributed by atoms with E-state index in [4.69, 9.17) is 4.99 Å². The molecule has 0 aromatic heterocycles. The summed E-state index contributed by atoms with van der Waals surface area (Å²) in [5, 5.41) is 2.52. The quantitative estimate of drug-likeness (QED) is 0.492. The van der Waals surface area contributed by atoms with Crippen molar-refractivity contribution < 1.29 is 0 Å². The molecule has 0 aliphatic carbocycles. The number of aryl methyl sites for hydroxylation is 1. The van der Waals surface area contributed by atoms with Crippen molar-refractivity contribution in [3.8, 4) is 0 Å². The lowest BCUT2D eigenvalue weighted by atomic mass is 9.66. The van der Waals surface area contributed by atoms with E-state index in [1.807, 2.05) is 0 Å². The molecule has 2 nitrogen and oxygen atoms in total. The average molecular weight is 354 g/mol. The van der Waals surface area contributed by atoms with E-state index in [9.17, 15) is 0 Å². The van der Waals surface area contributed by atoms with Gasteiger partial charge in [-0.3, -0.25) is 4.99 Å². The van der Waals surface area contributed by atoms with Crippen LogP contribution in [0.25, 0.3) is 10.8 Å². The zero-order valence-corrected chi connectivity index (χ0v) is 16.8. The van der Waals surface area contributed by atoms with E-state index in [2.05, 4.69) is 94.4 Å². The van der Waals surface area contributed by atoms with Crippen LogP contribution in [0.4, 0.5) is 11.4 Å². The van der Waals surface area contributed by atoms with Crippen LogP contribution in [0, 0.1) is 13.8 Å². The number of rotatable bonds is 0. The topological polar surface area (TPSA) is 15.6 Å². The van der Waals surface area contributed by atoms with E-state index >= 15 is 0 Å². The van der Waals surface area contributed by atoms with Crippen LogP contribution in [-0.4, -0.2) is 18.8 Å². The van der Waals surface area contributed by atoms with E-state index in [1.54, 1.807) is 0 Å². The fourth-order valence-corrected chi connectivity index (χ4v) is 5.41. The largest absolute Gasteiger partial charge is 0.362 e. The van der Waals surface area contributed by atoms with E-state index in [1.165, 1.54) is 38.7 Å². The number of benzene rings is 3. The first-order valence-corrected chi connectivity index (χ1v) is 9.77. The molecular weight excluding hydrogens is 328 g/mol. The molecule has 27 heavy (non-hydrogen) atoms. The van der Waals surface area contributed by atoms with Gasteiger partial charge in [-0.15, -0.1) is 0 Å². The van der Waals surface area contributed by atoms with Crippen molar-refractivity contribution in [2.24, 2.45) is 4.99 Å². The lowest BCUT2D eigenvalue weighted by Crippen LogP contribution is -2.58. The molecule has 1 unspecified atom stereocenters. The molecule has 3 aromatic rings. The lowest BCUT2D eigenvalue weighted by Gasteiger charge is -2.46. The summed E-state index contributed by atoms with van der Waals surface area (Å²) in [4.78, 5) is 7.54. The molecule has 1 spiro atoms. The van der Waals surface area contributed by atoms with E-state index in [0.29, 0.717) is 0 Å².